The molecule has 0 aromatic carbocycles. The highest BCUT2D eigenvalue weighted by Crippen LogP contribution is 2.16. The standard InChI is InChI=1S/C54H103NO5/c1-3-5-7-9-11-13-15-17-19-20-21-22-23-25-27-32-36-40-44-48-54(59)60-49-45-41-37-33-29-28-31-35-39-43-47-53(58)55-51(50-56)52(57)46-42-38-34-30-26-24-18-16-14-12-10-8-6-4-2/h17,19,29,33,51-52,56-57H,3-16,18,20-28,30-32,34-50H2,1-2H3,(H,55,58)/b19-17-,33-29-. The van der Waals surface area contributed by atoms with Gasteiger partial charge in [0.15, 0.2) is 0 Å². The zero-order valence-corrected chi connectivity index (χ0v) is 40.2. The first kappa shape index (κ1) is 58.3. The summed E-state index contributed by atoms with van der Waals surface area (Å²) in [7, 11) is 0. The lowest BCUT2D eigenvalue weighted by atomic mass is 10.0. The van der Waals surface area contributed by atoms with E-state index in [2.05, 4.69) is 43.5 Å². The average molecular weight is 846 g/mol. The number of carbonyl (C=O) groups is 2. The number of rotatable bonds is 49. The minimum Gasteiger partial charge on any atom is -0.466 e. The normalized spacial score (nSPS) is 12.8. The van der Waals surface area contributed by atoms with Crippen LogP contribution in [0.1, 0.15) is 284 Å². The first-order valence-electron chi connectivity index (χ1n) is 26.6. The summed E-state index contributed by atoms with van der Waals surface area (Å²) < 4.78 is 5.45. The Kier molecular flexibility index (Phi) is 48.6. The van der Waals surface area contributed by atoms with Gasteiger partial charge in [0.1, 0.15) is 0 Å². The van der Waals surface area contributed by atoms with E-state index in [1.165, 1.54) is 173 Å². The number of carbonyl (C=O) groups excluding carboxylic acids is 2. The molecular weight excluding hydrogens is 743 g/mol. The molecule has 6 nitrogen and oxygen atoms in total. The van der Waals surface area contributed by atoms with E-state index < -0.39 is 12.1 Å². The van der Waals surface area contributed by atoms with Gasteiger partial charge in [0, 0.05) is 12.8 Å². The molecule has 0 radical (unpaired) electrons. The van der Waals surface area contributed by atoms with Gasteiger partial charge in [-0.2, -0.15) is 0 Å². The predicted molar refractivity (Wildman–Crippen MR) is 260 cm³/mol. The third-order valence-electron chi connectivity index (χ3n) is 12.2. The van der Waals surface area contributed by atoms with Crippen LogP contribution in [0.3, 0.4) is 0 Å². The number of unbranched alkanes of at least 4 members (excludes halogenated alkanes) is 34. The van der Waals surface area contributed by atoms with E-state index in [4.69, 9.17) is 4.74 Å². The number of allylic oxidation sites excluding steroid dienone is 4. The van der Waals surface area contributed by atoms with Gasteiger partial charge < -0.3 is 20.3 Å². The molecule has 0 aliphatic carbocycles. The lowest BCUT2D eigenvalue weighted by molar-refractivity contribution is -0.143. The molecule has 0 saturated carbocycles. The van der Waals surface area contributed by atoms with Crippen LogP contribution in [0.5, 0.6) is 0 Å². The predicted octanol–water partition coefficient (Wildman–Crippen LogP) is 15.9. The number of hydrogen-bond donors (Lipinski definition) is 3. The second-order valence-corrected chi connectivity index (χ2v) is 18.2. The largest absolute Gasteiger partial charge is 0.466 e. The van der Waals surface area contributed by atoms with Crippen molar-refractivity contribution in [1.82, 2.24) is 5.32 Å². The lowest BCUT2D eigenvalue weighted by Gasteiger charge is -2.22. The molecule has 0 saturated heterocycles. The highest BCUT2D eigenvalue weighted by atomic mass is 16.5. The van der Waals surface area contributed by atoms with Crippen LogP contribution < -0.4 is 5.32 Å². The van der Waals surface area contributed by atoms with Crippen molar-refractivity contribution in [2.24, 2.45) is 0 Å². The fourth-order valence-corrected chi connectivity index (χ4v) is 8.10. The first-order valence-corrected chi connectivity index (χ1v) is 26.6. The quantitative estimate of drug-likeness (QED) is 0.0322. The molecule has 0 heterocycles. The van der Waals surface area contributed by atoms with Crippen LogP contribution in [-0.2, 0) is 14.3 Å². The summed E-state index contributed by atoms with van der Waals surface area (Å²) in [6, 6.07) is -0.566. The second-order valence-electron chi connectivity index (χ2n) is 18.2. The van der Waals surface area contributed by atoms with Crippen molar-refractivity contribution in [2.75, 3.05) is 13.2 Å². The average Bonchev–Trinajstić information content (AvgIpc) is 3.25. The van der Waals surface area contributed by atoms with Crippen molar-refractivity contribution in [1.29, 1.82) is 0 Å². The zero-order valence-electron chi connectivity index (χ0n) is 40.2. The maximum Gasteiger partial charge on any atom is 0.305 e. The second kappa shape index (κ2) is 50.0. The summed E-state index contributed by atoms with van der Waals surface area (Å²) in [5, 5.41) is 23.2. The van der Waals surface area contributed by atoms with Gasteiger partial charge in [-0.1, -0.05) is 218 Å². The van der Waals surface area contributed by atoms with Crippen LogP contribution >= 0.6 is 0 Å². The summed E-state index contributed by atoms with van der Waals surface area (Å²) in [6.07, 6.45) is 58.7. The number of aliphatic hydroxyl groups is 2. The Morgan fingerprint density at radius 1 is 0.450 bits per heavy atom. The van der Waals surface area contributed by atoms with Crippen molar-refractivity contribution < 1.29 is 24.5 Å². The van der Waals surface area contributed by atoms with Crippen LogP contribution in [0.2, 0.25) is 0 Å². The minimum absolute atomic E-state index is 0.0368. The fraction of sp³-hybridized carbons (Fsp3) is 0.889. The van der Waals surface area contributed by atoms with Crippen molar-refractivity contribution in [3.8, 4) is 0 Å². The molecule has 2 atom stereocenters. The van der Waals surface area contributed by atoms with Crippen molar-refractivity contribution in [3.05, 3.63) is 24.3 Å². The number of aliphatic hydroxyl groups excluding tert-OH is 2. The number of ether oxygens (including phenoxy) is 1. The van der Waals surface area contributed by atoms with Gasteiger partial charge in [-0.05, 0) is 77.0 Å². The first-order chi connectivity index (χ1) is 29.5. The Morgan fingerprint density at radius 2 is 0.783 bits per heavy atom. The lowest BCUT2D eigenvalue weighted by Crippen LogP contribution is -2.45. The van der Waals surface area contributed by atoms with Gasteiger partial charge in [-0.15, -0.1) is 0 Å². The Labute approximate surface area is 373 Å². The van der Waals surface area contributed by atoms with Crippen LogP contribution in [0.4, 0.5) is 0 Å². The van der Waals surface area contributed by atoms with Gasteiger partial charge >= 0.3 is 5.97 Å². The van der Waals surface area contributed by atoms with E-state index in [1.807, 2.05) is 0 Å². The summed E-state index contributed by atoms with van der Waals surface area (Å²) >= 11 is 0. The summed E-state index contributed by atoms with van der Waals surface area (Å²) in [6.45, 7) is 4.86. The number of amides is 1. The molecule has 354 valence electrons. The van der Waals surface area contributed by atoms with Gasteiger partial charge in [0.05, 0.1) is 25.4 Å². The molecule has 0 aromatic rings. The van der Waals surface area contributed by atoms with Crippen LogP contribution in [0, 0.1) is 0 Å². The molecule has 60 heavy (non-hydrogen) atoms. The van der Waals surface area contributed by atoms with Crippen molar-refractivity contribution >= 4 is 11.9 Å². The third-order valence-corrected chi connectivity index (χ3v) is 12.2. The summed E-state index contributed by atoms with van der Waals surface area (Å²) in [5.74, 6) is -0.107. The molecule has 0 rings (SSSR count). The Hall–Kier alpha value is -1.66. The molecular formula is C54H103NO5. The Balaban J connectivity index is 3.50. The zero-order chi connectivity index (χ0) is 43.7. The van der Waals surface area contributed by atoms with Crippen LogP contribution in [-0.4, -0.2) is 47.4 Å². The highest BCUT2D eigenvalue weighted by Gasteiger charge is 2.20. The Morgan fingerprint density at radius 3 is 1.18 bits per heavy atom. The van der Waals surface area contributed by atoms with Crippen LogP contribution in [0.25, 0.3) is 0 Å². The van der Waals surface area contributed by atoms with E-state index in [9.17, 15) is 19.8 Å². The van der Waals surface area contributed by atoms with Crippen LogP contribution in [0.15, 0.2) is 24.3 Å². The molecule has 1 amide bonds. The van der Waals surface area contributed by atoms with E-state index >= 15 is 0 Å². The molecule has 2 unspecified atom stereocenters. The molecule has 0 spiro atoms. The van der Waals surface area contributed by atoms with Gasteiger partial charge in [-0.25, -0.2) is 0 Å². The maximum absolute atomic E-state index is 12.4. The molecule has 0 aromatic heterocycles. The molecule has 0 bridgehead atoms. The topological polar surface area (TPSA) is 95.9 Å². The van der Waals surface area contributed by atoms with Gasteiger partial charge in [0.2, 0.25) is 5.91 Å². The number of hydrogen-bond acceptors (Lipinski definition) is 5. The molecule has 0 fully saturated rings. The fourth-order valence-electron chi connectivity index (χ4n) is 8.10. The molecule has 3 N–H and O–H groups in total. The maximum atomic E-state index is 12.4. The monoisotopic (exact) mass is 846 g/mol. The third kappa shape index (κ3) is 45.9. The van der Waals surface area contributed by atoms with Gasteiger partial charge in [0.25, 0.3) is 0 Å². The van der Waals surface area contributed by atoms with Crippen molar-refractivity contribution in [3.63, 3.8) is 0 Å². The number of esters is 1. The number of nitrogens with one attached hydrogen (secondary N) is 1. The van der Waals surface area contributed by atoms with E-state index in [1.54, 1.807) is 0 Å². The Bertz CT molecular complexity index is 935. The highest BCUT2D eigenvalue weighted by molar-refractivity contribution is 5.76. The van der Waals surface area contributed by atoms with Crippen molar-refractivity contribution in [2.45, 2.75) is 296 Å². The van der Waals surface area contributed by atoms with E-state index in [-0.39, 0.29) is 18.5 Å². The molecule has 0 aliphatic rings. The SMILES string of the molecule is CCCCCCCC/C=C\CCCCCCCCCCCC(=O)OCCCC/C=C\CCCCCCC(=O)NC(CO)C(O)CCCCCCCCCCCCCCCC. The molecule has 6 heteroatoms. The summed E-state index contributed by atoms with van der Waals surface area (Å²) in [5.41, 5.74) is 0. The van der Waals surface area contributed by atoms with Gasteiger partial charge in [-0.3, -0.25) is 9.59 Å². The molecule has 0 aliphatic heterocycles. The van der Waals surface area contributed by atoms with E-state index in [0.29, 0.717) is 25.9 Å². The smallest absolute Gasteiger partial charge is 0.305 e. The van der Waals surface area contributed by atoms with E-state index in [0.717, 1.165) is 77.0 Å². The minimum atomic E-state index is -0.685. The summed E-state index contributed by atoms with van der Waals surface area (Å²) in [4.78, 5) is 24.5.